The number of phenolic OH excluding ortho intramolecular Hbond substituents is 1. The number of hydrogen-bond acceptors (Lipinski definition) is 6. The second kappa shape index (κ2) is 13.9. The molecule has 2 N–H and O–H groups in total. The summed E-state index contributed by atoms with van der Waals surface area (Å²) in [6.45, 7) is 9.55. The molecule has 37 heavy (non-hydrogen) atoms. The van der Waals surface area contributed by atoms with Crippen molar-refractivity contribution in [2.24, 2.45) is 5.92 Å². The Morgan fingerprint density at radius 2 is 2.03 bits per heavy atom. The summed E-state index contributed by atoms with van der Waals surface area (Å²) in [6, 6.07) is 5.28. The summed E-state index contributed by atoms with van der Waals surface area (Å²) in [5, 5.41) is 16.2. The molecule has 1 aliphatic carbocycles. The number of ether oxygens (including phenoxy) is 1. The number of carbonyl (C=O) groups excluding carboxylic acids is 2. The molecule has 0 bridgehead atoms. The Morgan fingerprint density at radius 1 is 1.27 bits per heavy atom. The number of nitrogens with one attached hydrogen (secondary N) is 1. The van der Waals surface area contributed by atoms with Crippen LogP contribution < -0.4 is 5.32 Å². The first-order valence-corrected chi connectivity index (χ1v) is 13.9. The summed E-state index contributed by atoms with van der Waals surface area (Å²) < 4.78 is 5.06. The first-order valence-electron chi connectivity index (χ1n) is 13.0. The molecular formula is C30H38N2O4S. The van der Waals surface area contributed by atoms with E-state index in [9.17, 15) is 14.7 Å². The van der Waals surface area contributed by atoms with Gasteiger partial charge in [-0.15, -0.1) is 17.9 Å². The Hall–Kier alpha value is -3.19. The van der Waals surface area contributed by atoms with E-state index in [1.807, 2.05) is 30.5 Å². The topological polar surface area (TPSA) is 88.5 Å². The molecule has 1 fully saturated rings. The molecule has 198 valence electrons. The Morgan fingerprint density at radius 3 is 2.73 bits per heavy atom. The van der Waals surface area contributed by atoms with E-state index in [0.717, 1.165) is 53.1 Å². The molecule has 1 aromatic carbocycles. The van der Waals surface area contributed by atoms with Gasteiger partial charge in [0.15, 0.2) is 0 Å². The van der Waals surface area contributed by atoms with Crippen LogP contribution in [0.4, 0.5) is 0 Å². The lowest BCUT2D eigenvalue weighted by molar-refractivity contribution is -0.138. The maximum absolute atomic E-state index is 13.2. The monoisotopic (exact) mass is 522 g/mol. The molecule has 0 aliphatic heterocycles. The van der Waals surface area contributed by atoms with Gasteiger partial charge in [-0.05, 0) is 81.4 Å². The molecule has 0 unspecified atom stereocenters. The summed E-state index contributed by atoms with van der Waals surface area (Å²) in [4.78, 5) is 29.9. The van der Waals surface area contributed by atoms with Crippen molar-refractivity contribution < 1.29 is 19.4 Å². The largest absolute Gasteiger partial charge is 0.508 e. The van der Waals surface area contributed by atoms with Crippen molar-refractivity contribution in [3.63, 3.8) is 0 Å². The summed E-state index contributed by atoms with van der Waals surface area (Å²) in [6.07, 6.45) is 11.9. The molecule has 1 heterocycles. The van der Waals surface area contributed by atoms with Crippen LogP contribution in [0.2, 0.25) is 0 Å². The van der Waals surface area contributed by atoms with E-state index < -0.39 is 0 Å². The summed E-state index contributed by atoms with van der Waals surface area (Å²) in [5.74, 6) is 0.0513. The number of benzene rings is 1. The minimum Gasteiger partial charge on any atom is -0.508 e. The lowest BCUT2D eigenvalue weighted by Gasteiger charge is -2.24. The third-order valence-corrected chi connectivity index (χ3v) is 7.47. The smallest absolute Gasteiger partial charge is 0.333 e. The summed E-state index contributed by atoms with van der Waals surface area (Å²) in [7, 11) is 0. The second-order valence-electron chi connectivity index (χ2n) is 9.60. The van der Waals surface area contributed by atoms with E-state index in [0.29, 0.717) is 25.0 Å². The van der Waals surface area contributed by atoms with Crippen LogP contribution in [0, 0.1) is 5.92 Å². The van der Waals surface area contributed by atoms with Crippen molar-refractivity contribution in [1.29, 1.82) is 0 Å². The maximum atomic E-state index is 13.2. The third-order valence-electron chi connectivity index (χ3n) is 6.50. The number of hydrogen-bond donors (Lipinski definition) is 2. The number of esters is 1. The highest BCUT2D eigenvalue weighted by molar-refractivity contribution is 7.09. The Bertz CT molecular complexity index is 1160. The molecule has 1 saturated carbocycles. The molecule has 6 nitrogen and oxygen atoms in total. The van der Waals surface area contributed by atoms with Crippen LogP contribution in [0.5, 0.6) is 5.75 Å². The zero-order valence-corrected chi connectivity index (χ0v) is 22.9. The zero-order chi connectivity index (χ0) is 26.8. The molecule has 7 heteroatoms. The van der Waals surface area contributed by atoms with E-state index in [2.05, 4.69) is 11.9 Å². The van der Waals surface area contributed by atoms with Crippen molar-refractivity contribution in [3.05, 3.63) is 75.3 Å². The fourth-order valence-electron chi connectivity index (χ4n) is 4.62. The van der Waals surface area contributed by atoms with Gasteiger partial charge in [0.1, 0.15) is 10.8 Å². The second-order valence-corrected chi connectivity index (χ2v) is 10.5. The number of aromatic nitrogens is 1. The van der Waals surface area contributed by atoms with Crippen molar-refractivity contribution in [2.45, 2.75) is 71.8 Å². The highest BCUT2D eigenvalue weighted by Crippen LogP contribution is 2.29. The Kier molecular flexibility index (Phi) is 10.7. The molecule has 2 aromatic rings. The predicted molar refractivity (Wildman–Crippen MR) is 149 cm³/mol. The molecule has 0 radical (unpaired) electrons. The van der Waals surface area contributed by atoms with Crippen LogP contribution in [-0.2, 0) is 27.2 Å². The Balaban J connectivity index is 1.84. The number of thiazole rings is 1. The predicted octanol–water partition coefficient (Wildman–Crippen LogP) is 6.47. The zero-order valence-electron chi connectivity index (χ0n) is 22.1. The van der Waals surface area contributed by atoms with Crippen molar-refractivity contribution in [1.82, 2.24) is 10.3 Å². The standard InChI is InChI=1S/C30H38N2O4S/c1-5-10-24-17-22(13-14-27(24)33)18-26(32-28(34)23-11-8-7-9-12-23)29-31-25(19-37-29)16-20(3)15-21(4)30(35)36-6-2/h5,13-17,19,23,26,33H,1,6-12,18H2,2-4H3,(H,32,34)/b20-16+,21-15-/t26-/m0/s1. The normalized spacial score (nSPS) is 15.8. The fraction of sp³-hybridized carbons (Fsp3) is 0.433. The lowest BCUT2D eigenvalue weighted by Crippen LogP contribution is -2.35. The van der Waals surface area contributed by atoms with Gasteiger partial charge in [-0.25, -0.2) is 9.78 Å². The maximum Gasteiger partial charge on any atom is 0.333 e. The quantitative estimate of drug-likeness (QED) is 0.153. The molecule has 1 atom stereocenters. The molecule has 0 saturated heterocycles. The summed E-state index contributed by atoms with van der Waals surface area (Å²) in [5.41, 5.74) is 4.02. The van der Waals surface area contributed by atoms with Crippen molar-refractivity contribution in [2.75, 3.05) is 6.61 Å². The van der Waals surface area contributed by atoms with E-state index in [1.54, 1.807) is 32.1 Å². The number of aromatic hydroxyl groups is 1. The number of rotatable bonds is 11. The first kappa shape index (κ1) is 28.4. The molecule has 3 rings (SSSR count). The lowest BCUT2D eigenvalue weighted by atomic mass is 9.88. The van der Waals surface area contributed by atoms with Crippen LogP contribution in [0.1, 0.15) is 80.7 Å². The molecule has 1 aromatic heterocycles. The van der Waals surface area contributed by atoms with Gasteiger partial charge in [-0.1, -0.05) is 37.5 Å². The highest BCUT2D eigenvalue weighted by atomic mass is 32.1. The fourth-order valence-corrected chi connectivity index (χ4v) is 5.45. The van der Waals surface area contributed by atoms with Crippen LogP contribution in [0.15, 0.2) is 53.5 Å². The van der Waals surface area contributed by atoms with E-state index in [4.69, 9.17) is 9.72 Å². The first-order chi connectivity index (χ1) is 17.8. The molecule has 1 aliphatic rings. The number of nitrogens with zero attached hydrogens (tertiary/aromatic N) is 1. The van der Waals surface area contributed by atoms with E-state index >= 15 is 0 Å². The van der Waals surface area contributed by atoms with Gasteiger partial charge in [0, 0.05) is 16.9 Å². The van der Waals surface area contributed by atoms with Crippen LogP contribution in [0.3, 0.4) is 0 Å². The average Bonchev–Trinajstić information content (AvgIpc) is 3.34. The number of phenols is 1. The number of allylic oxidation sites excluding steroid dienone is 3. The third kappa shape index (κ3) is 8.42. The van der Waals surface area contributed by atoms with Gasteiger partial charge in [0.05, 0.1) is 18.3 Å². The van der Waals surface area contributed by atoms with Gasteiger partial charge in [-0.3, -0.25) is 4.79 Å². The van der Waals surface area contributed by atoms with Crippen molar-refractivity contribution in [3.8, 4) is 5.75 Å². The molecule has 1 amide bonds. The van der Waals surface area contributed by atoms with E-state index in [-0.39, 0.29) is 29.6 Å². The highest BCUT2D eigenvalue weighted by Gasteiger charge is 2.26. The van der Waals surface area contributed by atoms with Crippen LogP contribution >= 0.6 is 11.3 Å². The minimum atomic E-state index is -0.329. The van der Waals surface area contributed by atoms with E-state index in [1.165, 1.54) is 17.8 Å². The molecular weight excluding hydrogens is 484 g/mol. The summed E-state index contributed by atoms with van der Waals surface area (Å²) >= 11 is 1.51. The van der Waals surface area contributed by atoms with Crippen LogP contribution in [-0.4, -0.2) is 28.6 Å². The Labute approximate surface area is 224 Å². The van der Waals surface area contributed by atoms with Gasteiger partial charge < -0.3 is 15.2 Å². The SMILES string of the molecule is C=CCc1cc(C[C@H](NC(=O)C2CCCCC2)c2nc(/C=C(C)/C=C(/C)C(=O)OCC)cs2)ccc1O. The minimum absolute atomic E-state index is 0.0463. The molecule has 0 spiro atoms. The van der Waals surface area contributed by atoms with Gasteiger partial charge in [-0.2, -0.15) is 0 Å². The number of amides is 1. The van der Waals surface area contributed by atoms with Gasteiger partial charge in [0.25, 0.3) is 0 Å². The number of carbonyl (C=O) groups is 2. The van der Waals surface area contributed by atoms with Gasteiger partial charge >= 0.3 is 5.97 Å². The van der Waals surface area contributed by atoms with Crippen molar-refractivity contribution >= 4 is 29.3 Å². The van der Waals surface area contributed by atoms with Gasteiger partial charge in [0.2, 0.25) is 5.91 Å². The average molecular weight is 523 g/mol. The van der Waals surface area contributed by atoms with Crippen LogP contribution in [0.25, 0.3) is 6.08 Å².